The highest BCUT2D eigenvalue weighted by Gasteiger charge is 2.25. The van der Waals surface area contributed by atoms with Crippen LogP contribution in [-0.2, 0) is 14.8 Å². The van der Waals surface area contributed by atoms with E-state index in [4.69, 9.17) is 0 Å². The van der Waals surface area contributed by atoms with Crippen LogP contribution in [0.2, 0.25) is 0 Å². The van der Waals surface area contributed by atoms with Crippen LogP contribution in [0.4, 0.5) is 0 Å². The third-order valence-corrected chi connectivity index (χ3v) is 4.84. The molecule has 0 aliphatic carbocycles. The molecular formula is C16H24N2O3S. The number of aryl methyl sites for hydroxylation is 1. The summed E-state index contributed by atoms with van der Waals surface area (Å²) in [5.74, 6) is -0.00301. The number of sulfonamides is 1. The summed E-state index contributed by atoms with van der Waals surface area (Å²) in [7, 11) is -3.71. The summed E-state index contributed by atoms with van der Waals surface area (Å²) in [6, 6.07) is 6.56. The average molecular weight is 324 g/mol. The van der Waals surface area contributed by atoms with Crippen LogP contribution in [-0.4, -0.2) is 38.3 Å². The Morgan fingerprint density at radius 2 is 1.91 bits per heavy atom. The van der Waals surface area contributed by atoms with Gasteiger partial charge in [0, 0.05) is 13.1 Å². The standard InChI is InChI=1S/C16H24N2O3S/c1-5-10-18(12-16(19)17-11-13(2)3)22(20,21)15-8-6-14(4)7-9-15/h5-9,13H,1,10-12H2,2-4H3,(H,17,19). The predicted molar refractivity (Wildman–Crippen MR) is 88.0 cm³/mol. The van der Waals surface area contributed by atoms with E-state index in [0.29, 0.717) is 12.5 Å². The van der Waals surface area contributed by atoms with E-state index in [1.807, 2.05) is 20.8 Å². The molecule has 0 fully saturated rings. The van der Waals surface area contributed by atoms with Gasteiger partial charge in [0.25, 0.3) is 0 Å². The third-order valence-electron chi connectivity index (χ3n) is 3.02. The van der Waals surface area contributed by atoms with Gasteiger partial charge in [0.2, 0.25) is 15.9 Å². The second-order valence-corrected chi connectivity index (χ2v) is 7.54. The summed E-state index contributed by atoms with van der Waals surface area (Å²) in [5.41, 5.74) is 0.976. The molecule has 0 radical (unpaired) electrons. The molecule has 0 saturated carbocycles. The summed E-state index contributed by atoms with van der Waals surface area (Å²) in [6.45, 7) is 9.80. The molecule has 6 heteroatoms. The molecule has 0 saturated heterocycles. The van der Waals surface area contributed by atoms with Gasteiger partial charge < -0.3 is 5.32 Å². The molecule has 0 aliphatic heterocycles. The highest BCUT2D eigenvalue weighted by Crippen LogP contribution is 2.16. The minimum atomic E-state index is -3.71. The molecule has 1 aromatic carbocycles. The smallest absolute Gasteiger partial charge is 0.243 e. The first-order valence-electron chi connectivity index (χ1n) is 7.21. The Balaban J connectivity index is 2.91. The third kappa shape index (κ3) is 5.27. The molecule has 1 amide bonds. The Labute approximate surface area is 133 Å². The maximum Gasteiger partial charge on any atom is 0.243 e. The number of nitrogens with one attached hydrogen (secondary N) is 1. The van der Waals surface area contributed by atoms with E-state index in [0.717, 1.165) is 9.87 Å². The minimum Gasteiger partial charge on any atom is -0.355 e. The molecule has 1 aromatic rings. The van der Waals surface area contributed by atoms with E-state index in [1.54, 1.807) is 24.3 Å². The lowest BCUT2D eigenvalue weighted by molar-refractivity contribution is -0.121. The van der Waals surface area contributed by atoms with E-state index in [9.17, 15) is 13.2 Å². The fourth-order valence-electron chi connectivity index (χ4n) is 1.78. The molecule has 0 heterocycles. The molecule has 0 bridgehead atoms. The summed E-state index contributed by atoms with van der Waals surface area (Å²) in [5, 5.41) is 2.72. The predicted octanol–water partition coefficient (Wildman–Crippen LogP) is 1.94. The van der Waals surface area contributed by atoms with E-state index in [2.05, 4.69) is 11.9 Å². The van der Waals surface area contributed by atoms with Gasteiger partial charge in [-0.3, -0.25) is 4.79 Å². The summed E-state index contributed by atoms with van der Waals surface area (Å²) < 4.78 is 26.3. The van der Waals surface area contributed by atoms with Crippen LogP contribution in [0.25, 0.3) is 0 Å². The number of amides is 1. The van der Waals surface area contributed by atoms with Gasteiger partial charge >= 0.3 is 0 Å². The van der Waals surface area contributed by atoms with Crippen LogP contribution in [0.3, 0.4) is 0 Å². The largest absolute Gasteiger partial charge is 0.355 e. The zero-order chi connectivity index (χ0) is 16.8. The first-order valence-corrected chi connectivity index (χ1v) is 8.65. The first kappa shape index (κ1) is 18.4. The highest BCUT2D eigenvalue weighted by atomic mass is 32.2. The number of benzene rings is 1. The molecule has 0 unspecified atom stereocenters. The molecule has 0 aromatic heterocycles. The average Bonchev–Trinajstić information content (AvgIpc) is 2.45. The maximum absolute atomic E-state index is 12.6. The van der Waals surface area contributed by atoms with Crippen LogP contribution in [0.5, 0.6) is 0 Å². The number of carbonyl (C=O) groups is 1. The second-order valence-electron chi connectivity index (χ2n) is 5.60. The minimum absolute atomic E-state index is 0.0886. The van der Waals surface area contributed by atoms with Crippen LogP contribution in [0, 0.1) is 12.8 Å². The van der Waals surface area contributed by atoms with Gasteiger partial charge in [-0.1, -0.05) is 37.6 Å². The molecule has 0 spiro atoms. The number of rotatable bonds is 8. The fraction of sp³-hybridized carbons (Fsp3) is 0.438. The quantitative estimate of drug-likeness (QED) is 0.743. The molecular weight excluding hydrogens is 300 g/mol. The number of nitrogens with zero attached hydrogens (tertiary/aromatic N) is 1. The van der Waals surface area contributed by atoms with Gasteiger partial charge in [0.05, 0.1) is 11.4 Å². The lowest BCUT2D eigenvalue weighted by Gasteiger charge is -2.20. The lowest BCUT2D eigenvalue weighted by atomic mass is 10.2. The monoisotopic (exact) mass is 324 g/mol. The van der Waals surface area contributed by atoms with Crippen LogP contribution >= 0.6 is 0 Å². The van der Waals surface area contributed by atoms with Crippen molar-refractivity contribution in [3.63, 3.8) is 0 Å². The van der Waals surface area contributed by atoms with Crippen molar-refractivity contribution >= 4 is 15.9 Å². The first-order chi connectivity index (χ1) is 10.3. The fourth-order valence-corrected chi connectivity index (χ4v) is 3.15. The highest BCUT2D eigenvalue weighted by molar-refractivity contribution is 7.89. The van der Waals surface area contributed by atoms with Crippen molar-refractivity contribution in [1.29, 1.82) is 0 Å². The van der Waals surface area contributed by atoms with Crippen molar-refractivity contribution in [2.75, 3.05) is 19.6 Å². The Bertz CT molecular complexity index is 607. The van der Waals surface area contributed by atoms with Gasteiger partial charge in [-0.15, -0.1) is 6.58 Å². The molecule has 22 heavy (non-hydrogen) atoms. The van der Waals surface area contributed by atoms with E-state index in [1.165, 1.54) is 6.08 Å². The molecule has 0 atom stereocenters. The van der Waals surface area contributed by atoms with Crippen molar-refractivity contribution in [1.82, 2.24) is 9.62 Å². The van der Waals surface area contributed by atoms with Gasteiger partial charge in [-0.2, -0.15) is 4.31 Å². The Kier molecular flexibility index (Phi) is 6.77. The Morgan fingerprint density at radius 1 is 1.32 bits per heavy atom. The normalized spacial score (nSPS) is 11.7. The van der Waals surface area contributed by atoms with E-state index < -0.39 is 10.0 Å². The van der Waals surface area contributed by atoms with E-state index in [-0.39, 0.29) is 23.9 Å². The van der Waals surface area contributed by atoms with Crippen LogP contribution < -0.4 is 5.32 Å². The molecule has 1 rings (SSSR count). The number of carbonyl (C=O) groups excluding carboxylic acids is 1. The SMILES string of the molecule is C=CCN(CC(=O)NCC(C)C)S(=O)(=O)c1ccc(C)cc1. The van der Waals surface area contributed by atoms with Gasteiger partial charge in [-0.05, 0) is 25.0 Å². The van der Waals surface area contributed by atoms with Crippen molar-refractivity contribution in [2.24, 2.45) is 5.92 Å². The summed E-state index contributed by atoms with van der Waals surface area (Å²) >= 11 is 0. The van der Waals surface area contributed by atoms with Gasteiger partial charge in [-0.25, -0.2) is 8.42 Å². The van der Waals surface area contributed by atoms with Gasteiger partial charge in [0.1, 0.15) is 0 Å². The van der Waals surface area contributed by atoms with Crippen molar-refractivity contribution < 1.29 is 13.2 Å². The topological polar surface area (TPSA) is 66.5 Å². The van der Waals surface area contributed by atoms with Crippen molar-refractivity contribution in [3.8, 4) is 0 Å². The summed E-state index contributed by atoms with van der Waals surface area (Å²) in [4.78, 5) is 12.1. The van der Waals surface area contributed by atoms with Crippen molar-refractivity contribution in [3.05, 3.63) is 42.5 Å². The summed E-state index contributed by atoms with van der Waals surface area (Å²) in [6.07, 6.45) is 1.47. The molecule has 5 nitrogen and oxygen atoms in total. The van der Waals surface area contributed by atoms with E-state index >= 15 is 0 Å². The second kappa shape index (κ2) is 8.10. The lowest BCUT2D eigenvalue weighted by Crippen LogP contribution is -2.41. The van der Waals surface area contributed by atoms with Gasteiger partial charge in [0.15, 0.2) is 0 Å². The zero-order valence-corrected chi connectivity index (χ0v) is 14.2. The Morgan fingerprint density at radius 3 is 2.41 bits per heavy atom. The maximum atomic E-state index is 12.6. The number of hydrogen-bond acceptors (Lipinski definition) is 3. The van der Waals surface area contributed by atoms with Crippen LogP contribution in [0.15, 0.2) is 41.8 Å². The number of hydrogen-bond donors (Lipinski definition) is 1. The molecule has 122 valence electrons. The Hall–Kier alpha value is -1.66. The molecule has 0 aliphatic rings. The van der Waals surface area contributed by atoms with Crippen LogP contribution in [0.1, 0.15) is 19.4 Å². The zero-order valence-electron chi connectivity index (χ0n) is 13.4. The van der Waals surface area contributed by atoms with Crippen molar-refractivity contribution in [2.45, 2.75) is 25.7 Å². The molecule has 1 N–H and O–H groups in total.